The maximum Gasteiger partial charge on any atom is 0.338 e. The highest BCUT2D eigenvalue weighted by molar-refractivity contribution is 7.60. The summed E-state index contributed by atoms with van der Waals surface area (Å²) in [5.74, 6) is 1.06. The molecule has 0 bridgehead atoms. The van der Waals surface area contributed by atoms with Gasteiger partial charge in [-0.2, -0.15) is 0 Å². The summed E-state index contributed by atoms with van der Waals surface area (Å²) in [6, 6.07) is 11.2. The van der Waals surface area contributed by atoms with Crippen LogP contribution in [-0.2, 0) is 4.57 Å². The standard InChI is InChI=1S/C15H19N2O2P/c1-12(2)13-6-8-15(9-7-13)19-20(3,18)17-14-5-4-10-16-11-14/h4-12H,1-3H3,(H,17,18)/t20-/m0/s1. The molecule has 106 valence electrons. The van der Waals surface area contributed by atoms with Crippen LogP contribution in [0.15, 0.2) is 48.8 Å². The van der Waals surface area contributed by atoms with Crippen molar-refractivity contribution in [3.8, 4) is 5.75 Å². The Labute approximate surface area is 119 Å². The number of rotatable bonds is 5. The Kier molecular flexibility index (Phi) is 4.46. The second-order valence-corrected chi connectivity index (χ2v) is 7.11. The van der Waals surface area contributed by atoms with E-state index in [0.717, 1.165) is 0 Å². The molecule has 0 saturated heterocycles. The highest BCUT2D eigenvalue weighted by Crippen LogP contribution is 2.43. The van der Waals surface area contributed by atoms with E-state index in [1.807, 2.05) is 24.3 Å². The highest BCUT2D eigenvalue weighted by Gasteiger charge is 2.17. The van der Waals surface area contributed by atoms with Gasteiger partial charge in [0.25, 0.3) is 0 Å². The summed E-state index contributed by atoms with van der Waals surface area (Å²) in [6.07, 6.45) is 3.28. The molecule has 0 spiro atoms. The molecule has 1 aromatic heterocycles. The monoisotopic (exact) mass is 290 g/mol. The van der Waals surface area contributed by atoms with Crippen molar-refractivity contribution in [2.45, 2.75) is 19.8 Å². The average Bonchev–Trinajstić information content (AvgIpc) is 2.39. The molecule has 0 aliphatic carbocycles. The molecule has 4 nitrogen and oxygen atoms in total. The molecule has 0 aliphatic heterocycles. The molecule has 0 radical (unpaired) electrons. The van der Waals surface area contributed by atoms with Crippen LogP contribution in [0.2, 0.25) is 0 Å². The lowest BCUT2D eigenvalue weighted by Crippen LogP contribution is -2.02. The minimum atomic E-state index is -2.97. The van der Waals surface area contributed by atoms with Crippen LogP contribution < -0.4 is 9.61 Å². The van der Waals surface area contributed by atoms with Gasteiger partial charge in [0.2, 0.25) is 0 Å². The van der Waals surface area contributed by atoms with E-state index in [0.29, 0.717) is 17.4 Å². The molecule has 0 unspecified atom stereocenters. The molecule has 1 N–H and O–H groups in total. The van der Waals surface area contributed by atoms with Gasteiger partial charge >= 0.3 is 7.52 Å². The van der Waals surface area contributed by atoms with E-state index in [9.17, 15) is 4.57 Å². The van der Waals surface area contributed by atoms with E-state index in [1.54, 1.807) is 31.2 Å². The number of anilines is 1. The van der Waals surface area contributed by atoms with Crippen LogP contribution in [0.5, 0.6) is 5.75 Å². The van der Waals surface area contributed by atoms with Crippen LogP contribution in [0.25, 0.3) is 0 Å². The summed E-state index contributed by atoms with van der Waals surface area (Å²) < 4.78 is 18.0. The Morgan fingerprint density at radius 1 is 1.20 bits per heavy atom. The fourth-order valence-electron chi connectivity index (χ4n) is 1.80. The van der Waals surface area contributed by atoms with E-state index in [1.165, 1.54) is 5.56 Å². The smallest absolute Gasteiger partial charge is 0.338 e. The molecule has 0 aliphatic rings. The Bertz CT molecular complexity index is 597. The molecule has 5 heteroatoms. The van der Waals surface area contributed by atoms with Gasteiger partial charge in [0, 0.05) is 12.9 Å². The van der Waals surface area contributed by atoms with E-state index < -0.39 is 7.52 Å². The molecule has 1 atom stereocenters. The minimum absolute atomic E-state index is 0.464. The van der Waals surface area contributed by atoms with Crippen LogP contribution in [0.3, 0.4) is 0 Å². The quantitative estimate of drug-likeness (QED) is 0.823. The van der Waals surface area contributed by atoms with Gasteiger partial charge in [-0.1, -0.05) is 26.0 Å². The second-order valence-electron chi connectivity index (χ2n) is 5.01. The molecule has 20 heavy (non-hydrogen) atoms. The molecule has 1 aromatic carbocycles. The van der Waals surface area contributed by atoms with Crippen molar-refractivity contribution in [1.82, 2.24) is 4.98 Å². The predicted octanol–water partition coefficient (Wildman–Crippen LogP) is 4.52. The number of hydrogen-bond acceptors (Lipinski definition) is 3. The number of hydrogen-bond donors (Lipinski definition) is 1. The van der Waals surface area contributed by atoms with Crippen molar-refractivity contribution in [2.24, 2.45) is 0 Å². The Morgan fingerprint density at radius 3 is 2.45 bits per heavy atom. The largest absolute Gasteiger partial charge is 0.429 e. The fraction of sp³-hybridized carbons (Fsp3) is 0.267. The first-order valence-electron chi connectivity index (χ1n) is 6.52. The van der Waals surface area contributed by atoms with E-state index >= 15 is 0 Å². The third kappa shape index (κ3) is 4.10. The lowest BCUT2D eigenvalue weighted by atomic mass is 10.0. The van der Waals surface area contributed by atoms with Crippen molar-refractivity contribution in [2.75, 3.05) is 11.8 Å². The summed E-state index contributed by atoms with van der Waals surface area (Å²) >= 11 is 0. The Morgan fingerprint density at radius 2 is 1.90 bits per heavy atom. The Balaban J connectivity index is 2.06. The number of pyridine rings is 1. The van der Waals surface area contributed by atoms with Gasteiger partial charge in [0.1, 0.15) is 5.75 Å². The first-order valence-corrected chi connectivity index (χ1v) is 8.59. The zero-order valence-electron chi connectivity index (χ0n) is 11.9. The second kappa shape index (κ2) is 6.10. The number of aromatic nitrogens is 1. The zero-order valence-corrected chi connectivity index (χ0v) is 12.8. The normalized spacial score (nSPS) is 13.8. The van der Waals surface area contributed by atoms with Gasteiger partial charge in [0.05, 0.1) is 11.9 Å². The summed E-state index contributed by atoms with van der Waals surface area (Å²) in [4.78, 5) is 3.97. The average molecular weight is 290 g/mol. The molecule has 2 aromatic rings. The summed E-state index contributed by atoms with van der Waals surface area (Å²) in [5.41, 5.74) is 1.90. The van der Waals surface area contributed by atoms with Crippen LogP contribution in [0.4, 0.5) is 5.69 Å². The maximum absolute atomic E-state index is 12.4. The molecule has 0 fully saturated rings. The maximum atomic E-state index is 12.4. The van der Waals surface area contributed by atoms with Gasteiger partial charge in [0.15, 0.2) is 0 Å². The lowest BCUT2D eigenvalue weighted by molar-refractivity contribution is 0.493. The fourth-order valence-corrected chi connectivity index (χ4v) is 2.97. The van der Waals surface area contributed by atoms with E-state index in [-0.39, 0.29) is 0 Å². The van der Waals surface area contributed by atoms with Crippen molar-refractivity contribution >= 4 is 13.2 Å². The van der Waals surface area contributed by atoms with E-state index in [4.69, 9.17) is 4.52 Å². The van der Waals surface area contributed by atoms with Gasteiger partial charge in [-0.25, -0.2) is 0 Å². The van der Waals surface area contributed by atoms with Crippen molar-refractivity contribution in [3.05, 3.63) is 54.4 Å². The third-order valence-electron chi connectivity index (χ3n) is 2.82. The van der Waals surface area contributed by atoms with Gasteiger partial charge < -0.3 is 9.61 Å². The molecular weight excluding hydrogens is 271 g/mol. The van der Waals surface area contributed by atoms with Gasteiger partial charge in [-0.15, -0.1) is 0 Å². The molecular formula is C15H19N2O2P. The van der Waals surface area contributed by atoms with Crippen LogP contribution >= 0.6 is 7.52 Å². The molecule has 1 heterocycles. The third-order valence-corrected chi connectivity index (χ3v) is 4.04. The lowest BCUT2D eigenvalue weighted by Gasteiger charge is -2.17. The summed E-state index contributed by atoms with van der Waals surface area (Å²) in [6.45, 7) is 5.81. The predicted molar refractivity (Wildman–Crippen MR) is 82.5 cm³/mol. The van der Waals surface area contributed by atoms with Crippen LogP contribution in [0.1, 0.15) is 25.3 Å². The van der Waals surface area contributed by atoms with Crippen LogP contribution in [0, 0.1) is 0 Å². The van der Waals surface area contributed by atoms with Crippen LogP contribution in [-0.4, -0.2) is 11.6 Å². The molecule has 0 amide bonds. The van der Waals surface area contributed by atoms with Crippen molar-refractivity contribution in [1.29, 1.82) is 0 Å². The summed E-state index contributed by atoms with van der Waals surface area (Å²) in [5, 5.41) is 2.87. The molecule has 2 rings (SSSR count). The highest BCUT2D eigenvalue weighted by atomic mass is 31.2. The molecule has 0 saturated carbocycles. The summed E-state index contributed by atoms with van der Waals surface area (Å²) in [7, 11) is -2.97. The first-order chi connectivity index (χ1) is 9.46. The Hall–Kier alpha value is -1.80. The first kappa shape index (κ1) is 14.6. The van der Waals surface area contributed by atoms with Gasteiger partial charge in [-0.05, 0) is 35.7 Å². The van der Waals surface area contributed by atoms with E-state index in [2.05, 4.69) is 23.9 Å². The number of benzene rings is 1. The topological polar surface area (TPSA) is 51.2 Å². The SMILES string of the molecule is CC(C)c1ccc(O[P@](C)(=O)Nc2cccnc2)cc1. The van der Waals surface area contributed by atoms with Crippen molar-refractivity contribution in [3.63, 3.8) is 0 Å². The van der Waals surface area contributed by atoms with Crippen molar-refractivity contribution < 1.29 is 9.09 Å². The van der Waals surface area contributed by atoms with Gasteiger partial charge in [-0.3, -0.25) is 9.55 Å². The number of nitrogens with one attached hydrogen (secondary N) is 1. The number of nitrogens with zero attached hydrogens (tertiary/aromatic N) is 1. The zero-order chi connectivity index (χ0) is 14.6. The minimum Gasteiger partial charge on any atom is -0.429 e.